The second-order valence-electron chi connectivity index (χ2n) is 7.68. The summed E-state index contributed by atoms with van der Waals surface area (Å²) in [6.45, 7) is 1.48. The largest absolute Gasteiger partial charge is 0.496 e. The molecule has 8 heteroatoms. The summed E-state index contributed by atoms with van der Waals surface area (Å²) in [5.41, 5.74) is 3.14. The number of rotatable bonds is 8. The maximum atomic E-state index is 12.8. The van der Waals surface area contributed by atoms with Crippen molar-refractivity contribution in [1.82, 2.24) is 9.55 Å². The Bertz CT molecular complexity index is 1400. The minimum absolute atomic E-state index is 0.240. The lowest BCUT2D eigenvalue weighted by atomic mass is 10.0. The number of methoxy groups -OCH3 is 1. The summed E-state index contributed by atoms with van der Waals surface area (Å²) in [4.78, 5) is 30.4. The van der Waals surface area contributed by atoms with Crippen LogP contribution in [0, 0.1) is 6.92 Å². The molecular weight excluding hydrogens is 452 g/mol. The molecule has 34 heavy (non-hydrogen) atoms. The van der Waals surface area contributed by atoms with Crippen LogP contribution in [0.3, 0.4) is 0 Å². The van der Waals surface area contributed by atoms with Crippen molar-refractivity contribution in [3.8, 4) is 22.0 Å². The zero-order chi connectivity index (χ0) is 24.2. The molecule has 0 aliphatic rings. The Balaban J connectivity index is 1.60. The van der Waals surface area contributed by atoms with E-state index in [1.54, 1.807) is 60.0 Å². The van der Waals surface area contributed by atoms with E-state index in [2.05, 4.69) is 4.98 Å². The summed E-state index contributed by atoms with van der Waals surface area (Å²) in [6, 6.07) is 14.2. The molecular formula is C26H24N2O5S. The number of aliphatic hydroxyl groups is 2. The third kappa shape index (κ3) is 4.79. The van der Waals surface area contributed by atoms with Crippen LogP contribution < -0.4 is 10.4 Å². The van der Waals surface area contributed by atoms with E-state index < -0.39 is 0 Å². The molecule has 4 rings (SSSR count). The van der Waals surface area contributed by atoms with Gasteiger partial charge in [0.25, 0.3) is 0 Å². The van der Waals surface area contributed by atoms with Gasteiger partial charge in [0, 0.05) is 22.2 Å². The number of thiophene rings is 1. The Kier molecular flexibility index (Phi) is 6.93. The molecule has 0 spiro atoms. The van der Waals surface area contributed by atoms with Crippen LogP contribution in [-0.2, 0) is 13.2 Å². The number of H-pyrrole nitrogens is 1. The molecule has 0 unspecified atom stereocenters. The lowest BCUT2D eigenvalue weighted by Gasteiger charge is -2.12. The maximum absolute atomic E-state index is 12.8. The van der Waals surface area contributed by atoms with Crippen LogP contribution >= 0.6 is 11.3 Å². The van der Waals surface area contributed by atoms with E-state index in [0.717, 1.165) is 15.4 Å². The first-order valence-corrected chi connectivity index (χ1v) is 11.4. The lowest BCUT2D eigenvalue weighted by molar-refractivity contribution is 0.104. The number of ketones is 1. The average Bonchev–Trinajstić information content (AvgIpc) is 3.47. The van der Waals surface area contributed by atoms with Gasteiger partial charge in [0.2, 0.25) is 0 Å². The summed E-state index contributed by atoms with van der Waals surface area (Å²) in [7, 11) is 1.48. The van der Waals surface area contributed by atoms with Crippen LogP contribution in [0.15, 0.2) is 65.6 Å². The van der Waals surface area contributed by atoms with E-state index >= 15 is 0 Å². The molecule has 0 aliphatic heterocycles. The molecule has 0 atom stereocenters. The molecule has 2 heterocycles. The zero-order valence-electron chi connectivity index (χ0n) is 18.7. The van der Waals surface area contributed by atoms with E-state index in [-0.39, 0.29) is 24.7 Å². The monoisotopic (exact) mass is 476 g/mol. The van der Waals surface area contributed by atoms with Crippen LogP contribution in [0.4, 0.5) is 0 Å². The van der Waals surface area contributed by atoms with Gasteiger partial charge in [-0.05, 0) is 60.5 Å². The highest BCUT2D eigenvalue weighted by Gasteiger charge is 2.12. The van der Waals surface area contributed by atoms with Gasteiger partial charge in [0.1, 0.15) is 5.75 Å². The smallest absolute Gasteiger partial charge is 0.330 e. The van der Waals surface area contributed by atoms with Crippen molar-refractivity contribution in [2.45, 2.75) is 20.1 Å². The van der Waals surface area contributed by atoms with Crippen LogP contribution in [0.2, 0.25) is 0 Å². The number of nitrogens with one attached hydrogen (secondary N) is 1. The SMILES string of the molecule is COc1cc(C=CC(=O)c2cccc(-n3cc(-c4ccc(C)s4)[nH]c3=O)c2)cc(CO)c1CO. The predicted octanol–water partition coefficient (Wildman–Crippen LogP) is 4.09. The molecule has 7 nitrogen and oxygen atoms in total. The highest BCUT2D eigenvalue weighted by atomic mass is 32.1. The Hall–Kier alpha value is -3.72. The highest BCUT2D eigenvalue weighted by molar-refractivity contribution is 7.15. The van der Waals surface area contributed by atoms with Gasteiger partial charge in [-0.3, -0.25) is 9.36 Å². The van der Waals surface area contributed by atoms with Gasteiger partial charge in [0.05, 0.1) is 36.6 Å². The summed E-state index contributed by atoms with van der Waals surface area (Å²) in [6.07, 6.45) is 4.78. The van der Waals surface area contributed by atoms with E-state index in [9.17, 15) is 19.8 Å². The molecule has 0 amide bonds. The van der Waals surface area contributed by atoms with Gasteiger partial charge in [-0.2, -0.15) is 0 Å². The number of aromatic nitrogens is 2. The Morgan fingerprint density at radius 3 is 2.65 bits per heavy atom. The predicted molar refractivity (Wildman–Crippen MR) is 133 cm³/mol. The van der Waals surface area contributed by atoms with Crippen LogP contribution in [0.25, 0.3) is 22.3 Å². The number of carbonyl (C=O) groups is 1. The van der Waals surface area contributed by atoms with Gasteiger partial charge in [-0.15, -0.1) is 11.3 Å². The second-order valence-corrected chi connectivity index (χ2v) is 8.97. The number of aryl methyl sites for hydroxylation is 1. The fourth-order valence-corrected chi connectivity index (χ4v) is 4.53. The number of carbonyl (C=O) groups excluding carboxylic acids is 1. The number of aliphatic hydroxyl groups excluding tert-OH is 2. The Labute approximate surface area is 200 Å². The van der Waals surface area contributed by atoms with E-state index in [1.165, 1.54) is 17.8 Å². The molecule has 3 N–H and O–H groups in total. The minimum Gasteiger partial charge on any atom is -0.496 e. The molecule has 4 aromatic rings. The number of ether oxygens (including phenoxy) is 1. The van der Waals surface area contributed by atoms with E-state index in [1.807, 2.05) is 19.1 Å². The third-order valence-electron chi connectivity index (χ3n) is 5.43. The average molecular weight is 477 g/mol. The number of benzene rings is 2. The number of hydrogen-bond acceptors (Lipinski definition) is 6. The van der Waals surface area contributed by atoms with Crippen molar-refractivity contribution >= 4 is 23.2 Å². The number of allylic oxidation sites excluding steroid dienone is 1. The van der Waals surface area contributed by atoms with Gasteiger partial charge in [-0.1, -0.05) is 18.2 Å². The van der Waals surface area contributed by atoms with Crippen molar-refractivity contribution in [3.63, 3.8) is 0 Å². The molecule has 0 saturated heterocycles. The first-order chi connectivity index (χ1) is 16.4. The molecule has 174 valence electrons. The normalized spacial score (nSPS) is 11.3. The second kappa shape index (κ2) is 10.0. The summed E-state index contributed by atoms with van der Waals surface area (Å²) in [5.74, 6) is 0.196. The zero-order valence-corrected chi connectivity index (χ0v) is 19.6. The van der Waals surface area contributed by atoms with Crippen molar-refractivity contribution in [1.29, 1.82) is 0 Å². The Morgan fingerprint density at radius 1 is 1.15 bits per heavy atom. The summed E-state index contributed by atoms with van der Waals surface area (Å²) < 4.78 is 6.78. The lowest BCUT2D eigenvalue weighted by Crippen LogP contribution is -2.14. The van der Waals surface area contributed by atoms with Gasteiger partial charge >= 0.3 is 5.69 Å². The molecule has 2 aromatic heterocycles. The van der Waals surface area contributed by atoms with Crippen molar-refractivity contribution in [2.75, 3.05) is 7.11 Å². The van der Waals surface area contributed by atoms with E-state index in [0.29, 0.717) is 33.7 Å². The molecule has 0 radical (unpaired) electrons. The number of imidazole rings is 1. The van der Waals surface area contributed by atoms with Crippen LogP contribution in [0.1, 0.15) is 31.9 Å². The van der Waals surface area contributed by atoms with Crippen molar-refractivity contribution in [3.05, 3.63) is 98.4 Å². The van der Waals surface area contributed by atoms with Crippen LogP contribution in [0.5, 0.6) is 5.75 Å². The fraction of sp³-hybridized carbons (Fsp3) is 0.154. The first kappa shape index (κ1) is 23.4. The van der Waals surface area contributed by atoms with Crippen molar-refractivity contribution < 1.29 is 19.7 Å². The van der Waals surface area contributed by atoms with Gasteiger partial charge in [0.15, 0.2) is 5.78 Å². The number of aromatic amines is 1. The fourth-order valence-electron chi connectivity index (χ4n) is 3.69. The molecule has 0 saturated carbocycles. The Morgan fingerprint density at radius 2 is 1.97 bits per heavy atom. The van der Waals surface area contributed by atoms with Crippen LogP contribution in [-0.4, -0.2) is 32.7 Å². The molecule has 0 bridgehead atoms. The number of hydrogen-bond donors (Lipinski definition) is 3. The topological polar surface area (TPSA) is 105 Å². The maximum Gasteiger partial charge on any atom is 0.330 e. The standard InChI is InChI=1S/C26H24N2O5S/c1-16-6-9-25(34-16)22-13-28(26(32)27-22)20-5-3-4-18(12-20)23(31)8-7-17-10-19(14-29)21(15-30)24(11-17)33-2/h3-13,29-30H,14-15H2,1-2H3,(H,27,32). The van der Waals surface area contributed by atoms with Gasteiger partial charge < -0.3 is 19.9 Å². The van der Waals surface area contributed by atoms with Crippen molar-refractivity contribution in [2.24, 2.45) is 0 Å². The molecule has 2 aromatic carbocycles. The summed E-state index contributed by atoms with van der Waals surface area (Å²) >= 11 is 1.59. The molecule has 0 fully saturated rings. The van der Waals surface area contributed by atoms with E-state index in [4.69, 9.17) is 4.74 Å². The number of nitrogens with zero attached hydrogens (tertiary/aromatic N) is 1. The van der Waals surface area contributed by atoms with Gasteiger partial charge in [-0.25, -0.2) is 4.79 Å². The summed E-state index contributed by atoms with van der Waals surface area (Å²) in [5, 5.41) is 19.1. The first-order valence-electron chi connectivity index (χ1n) is 10.6. The quantitative estimate of drug-likeness (QED) is 0.262. The third-order valence-corrected chi connectivity index (χ3v) is 6.47. The highest BCUT2D eigenvalue weighted by Crippen LogP contribution is 2.27. The molecule has 0 aliphatic carbocycles. The minimum atomic E-state index is -0.284.